The van der Waals surface area contributed by atoms with Crippen molar-refractivity contribution >= 4 is 5.97 Å². The molecule has 0 aromatic rings. The Labute approximate surface area is 86.0 Å². The number of ether oxygens (including phenoxy) is 1. The van der Waals surface area contributed by atoms with Gasteiger partial charge in [-0.15, -0.1) is 19.7 Å². The molecular weight excluding hydrogens is 176 g/mol. The zero-order valence-electron chi connectivity index (χ0n) is 8.79. The molecule has 0 aromatic heterocycles. The zero-order valence-corrected chi connectivity index (χ0v) is 8.79. The second-order valence-electron chi connectivity index (χ2n) is 3.26. The van der Waals surface area contributed by atoms with Crippen molar-refractivity contribution in [3.05, 3.63) is 38.0 Å². The maximum Gasteiger partial charge on any atom is 0.303 e. The Morgan fingerprint density at radius 2 is 1.50 bits per heavy atom. The number of carbonyl (C=O) groups excluding carboxylic acids is 1. The molecule has 0 saturated carbocycles. The lowest BCUT2D eigenvalue weighted by Gasteiger charge is -2.30. The van der Waals surface area contributed by atoms with E-state index in [-0.39, 0.29) is 5.97 Å². The number of esters is 1. The summed E-state index contributed by atoms with van der Waals surface area (Å²) in [5, 5.41) is 0. The van der Waals surface area contributed by atoms with Crippen molar-refractivity contribution in [3.8, 4) is 0 Å². The average molecular weight is 194 g/mol. The molecule has 0 bridgehead atoms. The molecule has 0 saturated heterocycles. The molecule has 0 rings (SSSR count). The number of carbonyl (C=O) groups is 1. The third kappa shape index (κ3) is 4.08. The van der Waals surface area contributed by atoms with Gasteiger partial charge in [-0.3, -0.25) is 4.79 Å². The van der Waals surface area contributed by atoms with E-state index in [1.54, 1.807) is 18.2 Å². The van der Waals surface area contributed by atoms with Gasteiger partial charge in [-0.05, 0) is 0 Å². The maximum atomic E-state index is 11.0. The number of hydrogen-bond acceptors (Lipinski definition) is 2. The molecule has 0 unspecified atom stereocenters. The fourth-order valence-electron chi connectivity index (χ4n) is 1.47. The highest BCUT2D eigenvalue weighted by molar-refractivity contribution is 5.66. The first kappa shape index (κ1) is 12.7. The second-order valence-corrected chi connectivity index (χ2v) is 3.26. The Morgan fingerprint density at radius 3 is 1.71 bits per heavy atom. The summed E-state index contributed by atoms with van der Waals surface area (Å²) in [4.78, 5) is 11.0. The minimum atomic E-state index is -0.531. The van der Waals surface area contributed by atoms with Crippen LogP contribution in [0.25, 0.3) is 0 Å². The summed E-state index contributed by atoms with van der Waals surface area (Å²) >= 11 is 0. The van der Waals surface area contributed by atoms with Gasteiger partial charge in [0.05, 0.1) is 0 Å². The molecule has 0 spiro atoms. The van der Waals surface area contributed by atoms with E-state index < -0.39 is 5.60 Å². The Bertz CT molecular complexity index is 202. The van der Waals surface area contributed by atoms with Crippen LogP contribution in [0, 0.1) is 0 Å². The summed E-state index contributed by atoms with van der Waals surface area (Å²) in [5.74, 6) is -0.282. The summed E-state index contributed by atoms with van der Waals surface area (Å²) < 4.78 is 5.31. The summed E-state index contributed by atoms with van der Waals surface area (Å²) in [7, 11) is 0. The standard InChI is InChI=1S/C12H18O2/c1-5-8-12(9-6-2,10-7-3)14-11(4)13/h5-7H,1-3,8-10H2,4H3. The molecule has 0 aliphatic rings. The third-order valence-corrected chi connectivity index (χ3v) is 1.91. The summed E-state index contributed by atoms with van der Waals surface area (Å²) in [6.45, 7) is 12.4. The Morgan fingerprint density at radius 1 is 1.14 bits per heavy atom. The molecule has 14 heavy (non-hydrogen) atoms. The van der Waals surface area contributed by atoms with Crippen LogP contribution >= 0.6 is 0 Å². The lowest BCUT2D eigenvalue weighted by atomic mass is 9.91. The largest absolute Gasteiger partial charge is 0.458 e. The van der Waals surface area contributed by atoms with Crippen LogP contribution in [0.15, 0.2) is 38.0 Å². The molecule has 0 radical (unpaired) electrons. The molecular formula is C12H18O2. The minimum absolute atomic E-state index is 0.282. The zero-order chi connectivity index (χ0) is 11.0. The first-order valence-corrected chi connectivity index (χ1v) is 4.62. The van der Waals surface area contributed by atoms with E-state index in [9.17, 15) is 4.79 Å². The average Bonchev–Trinajstić information content (AvgIpc) is 2.03. The minimum Gasteiger partial charge on any atom is -0.458 e. The number of rotatable bonds is 7. The van der Waals surface area contributed by atoms with E-state index in [4.69, 9.17) is 4.74 Å². The summed E-state index contributed by atoms with van der Waals surface area (Å²) in [6, 6.07) is 0. The van der Waals surface area contributed by atoms with Gasteiger partial charge < -0.3 is 4.74 Å². The maximum absolute atomic E-state index is 11.0. The molecule has 0 N–H and O–H groups in total. The Balaban J connectivity index is 4.69. The van der Waals surface area contributed by atoms with Gasteiger partial charge in [0.15, 0.2) is 0 Å². The normalized spacial score (nSPS) is 10.4. The van der Waals surface area contributed by atoms with Crippen molar-refractivity contribution < 1.29 is 9.53 Å². The first-order chi connectivity index (χ1) is 6.60. The van der Waals surface area contributed by atoms with Gasteiger partial charge in [0.1, 0.15) is 5.60 Å². The van der Waals surface area contributed by atoms with Gasteiger partial charge >= 0.3 is 5.97 Å². The van der Waals surface area contributed by atoms with Crippen molar-refractivity contribution in [3.63, 3.8) is 0 Å². The topological polar surface area (TPSA) is 26.3 Å². The van der Waals surface area contributed by atoms with Crippen molar-refractivity contribution in [2.24, 2.45) is 0 Å². The molecule has 78 valence electrons. The molecule has 0 heterocycles. The highest BCUT2D eigenvalue weighted by atomic mass is 16.6. The van der Waals surface area contributed by atoms with Gasteiger partial charge in [0, 0.05) is 26.2 Å². The summed E-state index contributed by atoms with van der Waals surface area (Å²) in [5.41, 5.74) is -0.531. The van der Waals surface area contributed by atoms with E-state index in [1.165, 1.54) is 6.92 Å². The van der Waals surface area contributed by atoms with Gasteiger partial charge in [-0.1, -0.05) is 18.2 Å². The van der Waals surface area contributed by atoms with Crippen LogP contribution < -0.4 is 0 Å². The summed E-state index contributed by atoms with van der Waals surface area (Å²) in [6.07, 6.45) is 7.08. The predicted molar refractivity (Wildman–Crippen MR) is 58.9 cm³/mol. The lowest BCUT2D eigenvalue weighted by molar-refractivity contribution is -0.156. The van der Waals surface area contributed by atoms with Crippen molar-refractivity contribution in [1.82, 2.24) is 0 Å². The quantitative estimate of drug-likeness (QED) is 0.460. The van der Waals surface area contributed by atoms with Gasteiger partial charge in [0.25, 0.3) is 0 Å². The van der Waals surface area contributed by atoms with Crippen LogP contribution in [-0.2, 0) is 9.53 Å². The van der Waals surface area contributed by atoms with Crippen LogP contribution in [0.5, 0.6) is 0 Å². The van der Waals surface area contributed by atoms with Crippen LogP contribution in [0.3, 0.4) is 0 Å². The van der Waals surface area contributed by atoms with Crippen molar-refractivity contribution in [1.29, 1.82) is 0 Å². The van der Waals surface area contributed by atoms with Gasteiger partial charge in [0.2, 0.25) is 0 Å². The Hall–Kier alpha value is -1.31. The van der Waals surface area contributed by atoms with Crippen LogP contribution in [0.1, 0.15) is 26.2 Å². The predicted octanol–water partition coefficient (Wildman–Crippen LogP) is 3.02. The van der Waals surface area contributed by atoms with E-state index in [2.05, 4.69) is 19.7 Å². The van der Waals surface area contributed by atoms with Crippen molar-refractivity contribution in [2.75, 3.05) is 0 Å². The fourth-order valence-corrected chi connectivity index (χ4v) is 1.47. The van der Waals surface area contributed by atoms with Crippen LogP contribution in [0.2, 0.25) is 0 Å². The van der Waals surface area contributed by atoms with Crippen molar-refractivity contribution in [2.45, 2.75) is 31.8 Å². The monoisotopic (exact) mass is 194 g/mol. The van der Waals surface area contributed by atoms with E-state index in [0.29, 0.717) is 19.3 Å². The highest BCUT2D eigenvalue weighted by Gasteiger charge is 2.29. The SMILES string of the molecule is C=CCC(CC=C)(CC=C)OC(C)=O. The van der Waals surface area contributed by atoms with E-state index in [0.717, 1.165) is 0 Å². The lowest BCUT2D eigenvalue weighted by Crippen LogP contribution is -2.33. The molecule has 0 atom stereocenters. The molecule has 0 aliphatic carbocycles. The van der Waals surface area contributed by atoms with Crippen LogP contribution in [0.4, 0.5) is 0 Å². The molecule has 2 nitrogen and oxygen atoms in total. The smallest absolute Gasteiger partial charge is 0.303 e. The van der Waals surface area contributed by atoms with E-state index >= 15 is 0 Å². The first-order valence-electron chi connectivity index (χ1n) is 4.62. The number of hydrogen-bond donors (Lipinski definition) is 0. The molecule has 0 amide bonds. The molecule has 2 heteroatoms. The second kappa shape index (κ2) is 6.19. The molecule has 0 aromatic carbocycles. The molecule has 0 fully saturated rings. The highest BCUT2D eigenvalue weighted by Crippen LogP contribution is 2.26. The third-order valence-electron chi connectivity index (χ3n) is 1.91. The van der Waals surface area contributed by atoms with E-state index in [1.807, 2.05) is 0 Å². The van der Waals surface area contributed by atoms with Crippen LogP contribution in [-0.4, -0.2) is 11.6 Å². The van der Waals surface area contributed by atoms with Gasteiger partial charge in [-0.25, -0.2) is 0 Å². The fraction of sp³-hybridized carbons (Fsp3) is 0.417. The molecule has 0 aliphatic heterocycles. The van der Waals surface area contributed by atoms with Gasteiger partial charge in [-0.2, -0.15) is 0 Å². The Kier molecular flexibility index (Phi) is 5.61.